The molecule has 0 spiro atoms. The molecule has 1 aliphatic rings. The van der Waals surface area contributed by atoms with Crippen molar-refractivity contribution in [3.05, 3.63) is 64.6 Å². The van der Waals surface area contributed by atoms with E-state index in [1.54, 1.807) is 44.4 Å². The van der Waals surface area contributed by atoms with Crippen molar-refractivity contribution in [2.45, 2.75) is 13.3 Å². The van der Waals surface area contributed by atoms with Crippen LogP contribution in [0.5, 0.6) is 5.75 Å². The van der Waals surface area contributed by atoms with Crippen molar-refractivity contribution in [3.63, 3.8) is 0 Å². The highest BCUT2D eigenvalue weighted by molar-refractivity contribution is 8.26. The first-order chi connectivity index (χ1) is 15.4. The monoisotopic (exact) mass is 470 g/mol. The summed E-state index contributed by atoms with van der Waals surface area (Å²) in [7, 11) is 1.57. The number of nitrogens with one attached hydrogen (secondary N) is 1. The molecule has 1 fully saturated rings. The molecule has 0 atom stereocenters. The molecule has 2 amide bonds. The number of rotatable bonds is 8. The molecule has 0 radical (unpaired) electrons. The summed E-state index contributed by atoms with van der Waals surface area (Å²) in [6.45, 7) is 2.20. The van der Waals surface area contributed by atoms with Crippen molar-refractivity contribution in [1.29, 1.82) is 0 Å². The first-order valence-electron chi connectivity index (χ1n) is 9.88. The molecule has 0 aliphatic carbocycles. The Morgan fingerprint density at radius 3 is 2.56 bits per heavy atom. The zero-order valence-corrected chi connectivity index (χ0v) is 19.3. The van der Waals surface area contributed by atoms with Crippen molar-refractivity contribution in [3.8, 4) is 5.75 Å². The van der Waals surface area contributed by atoms with E-state index in [9.17, 15) is 14.4 Å². The summed E-state index contributed by atoms with van der Waals surface area (Å²) in [6, 6.07) is 13.8. The molecule has 0 bridgehead atoms. The Morgan fingerprint density at radius 2 is 1.88 bits per heavy atom. The molecule has 0 unspecified atom stereocenters. The van der Waals surface area contributed by atoms with Gasteiger partial charge in [-0.25, -0.2) is 4.79 Å². The highest BCUT2D eigenvalue weighted by Crippen LogP contribution is 2.34. The van der Waals surface area contributed by atoms with Gasteiger partial charge in [0, 0.05) is 24.2 Å². The molecule has 1 N–H and O–H groups in total. The number of thiocarbonyl (C=S) groups is 1. The fraction of sp³-hybridized carbons (Fsp3) is 0.217. The lowest BCUT2D eigenvalue weighted by molar-refractivity contribution is -0.122. The minimum Gasteiger partial charge on any atom is -0.496 e. The number of carbonyl (C=O) groups is 3. The number of para-hydroxylation sites is 1. The lowest BCUT2D eigenvalue weighted by Gasteiger charge is -2.14. The Bertz CT molecular complexity index is 1070. The second-order valence-electron chi connectivity index (χ2n) is 6.67. The van der Waals surface area contributed by atoms with Crippen molar-refractivity contribution < 1.29 is 23.9 Å². The van der Waals surface area contributed by atoms with E-state index in [0.717, 1.165) is 5.56 Å². The van der Waals surface area contributed by atoms with Gasteiger partial charge in [0.2, 0.25) is 5.91 Å². The minimum atomic E-state index is -0.416. The minimum absolute atomic E-state index is 0.0774. The number of ether oxygens (including phenoxy) is 2. The Labute approximate surface area is 195 Å². The molecule has 2 aromatic carbocycles. The first-order valence-corrected chi connectivity index (χ1v) is 11.1. The predicted molar refractivity (Wildman–Crippen MR) is 129 cm³/mol. The Morgan fingerprint density at radius 1 is 1.16 bits per heavy atom. The van der Waals surface area contributed by atoms with Crippen LogP contribution in [-0.4, -0.2) is 47.3 Å². The molecular formula is C23H22N2O5S2. The Kier molecular flexibility index (Phi) is 8.02. The summed E-state index contributed by atoms with van der Waals surface area (Å²) in [4.78, 5) is 38.7. The number of benzene rings is 2. The molecule has 0 aromatic heterocycles. The van der Waals surface area contributed by atoms with Crippen molar-refractivity contribution in [1.82, 2.24) is 4.90 Å². The van der Waals surface area contributed by atoms with Gasteiger partial charge in [0.15, 0.2) is 0 Å². The molecule has 0 saturated carbocycles. The average Bonchev–Trinajstić information content (AvgIpc) is 3.05. The van der Waals surface area contributed by atoms with Crippen molar-refractivity contribution in [2.75, 3.05) is 25.6 Å². The van der Waals surface area contributed by atoms with Gasteiger partial charge in [-0.05, 0) is 43.3 Å². The van der Waals surface area contributed by atoms with Gasteiger partial charge < -0.3 is 14.8 Å². The second kappa shape index (κ2) is 10.9. The lowest BCUT2D eigenvalue weighted by Crippen LogP contribution is -2.31. The van der Waals surface area contributed by atoms with Crippen LogP contribution in [0, 0.1) is 0 Å². The van der Waals surface area contributed by atoms with Crippen LogP contribution in [0.2, 0.25) is 0 Å². The summed E-state index contributed by atoms with van der Waals surface area (Å²) in [5.41, 5.74) is 1.73. The van der Waals surface area contributed by atoms with E-state index < -0.39 is 5.97 Å². The zero-order valence-electron chi connectivity index (χ0n) is 17.6. The highest BCUT2D eigenvalue weighted by atomic mass is 32.2. The fourth-order valence-corrected chi connectivity index (χ4v) is 4.26. The summed E-state index contributed by atoms with van der Waals surface area (Å²) in [5, 5.41) is 2.75. The zero-order chi connectivity index (χ0) is 23.1. The van der Waals surface area contributed by atoms with E-state index in [1.165, 1.54) is 16.7 Å². The van der Waals surface area contributed by atoms with E-state index >= 15 is 0 Å². The number of amides is 2. The van der Waals surface area contributed by atoms with Gasteiger partial charge in [0.25, 0.3) is 5.91 Å². The number of hydrogen-bond acceptors (Lipinski definition) is 7. The summed E-state index contributed by atoms with van der Waals surface area (Å²) in [6.07, 6.45) is 1.82. The van der Waals surface area contributed by atoms with Crippen LogP contribution < -0.4 is 10.1 Å². The van der Waals surface area contributed by atoms with Gasteiger partial charge >= 0.3 is 5.97 Å². The van der Waals surface area contributed by atoms with Crippen LogP contribution in [0.3, 0.4) is 0 Å². The van der Waals surface area contributed by atoms with Crippen LogP contribution >= 0.6 is 24.0 Å². The highest BCUT2D eigenvalue weighted by Gasteiger charge is 2.32. The number of carbonyl (C=O) groups excluding carboxylic acids is 3. The second-order valence-corrected chi connectivity index (χ2v) is 8.35. The smallest absolute Gasteiger partial charge is 0.338 e. The molecule has 2 aromatic rings. The maximum atomic E-state index is 12.8. The number of nitrogens with zero attached hydrogens (tertiary/aromatic N) is 1. The molecule has 32 heavy (non-hydrogen) atoms. The lowest BCUT2D eigenvalue weighted by atomic mass is 10.2. The van der Waals surface area contributed by atoms with E-state index in [2.05, 4.69) is 5.32 Å². The van der Waals surface area contributed by atoms with E-state index in [-0.39, 0.29) is 24.8 Å². The van der Waals surface area contributed by atoms with Gasteiger partial charge in [-0.1, -0.05) is 42.2 Å². The number of methoxy groups -OCH3 is 1. The van der Waals surface area contributed by atoms with Crippen LogP contribution in [0.1, 0.15) is 29.3 Å². The van der Waals surface area contributed by atoms with Gasteiger partial charge in [0.05, 0.1) is 24.2 Å². The van der Waals surface area contributed by atoms with Crippen LogP contribution in [0.25, 0.3) is 6.08 Å². The number of thioether (sulfide) groups is 1. The number of hydrogen-bond donors (Lipinski definition) is 1. The molecule has 1 saturated heterocycles. The van der Waals surface area contributed by atoms with Crippen molar-refractivity contribution >= 4 is 57.8 Å². The Balaban J connectivity index is 1.58. The third-order valence-corrected chi connectivity index (χ3v) is 5.92. The van der Waals surface area contributed by atoms with E-state index in [0.29, 0.717) is 32.8 Å². The molecular weight excluding hydrogens is 448 g/mol. The summed E-state index contributed by atoms with van der Waals surface area (Å²) in [5.74, 6) is -0.263. The molecule has 7 nitrogen and oxygen atoms in total. The SMILES string of the molecule is CCOC(=O)c1ccc(NC(=O)CCN2C(=O)/C(=C/c3ccccc3OC)SC2=S)cc1. The number of anilines is 1. The van der Waals surface area contributed by atoms with Gasteiger partial charge in [-0.2, -0.15) is 0 Å². The molecule has 166 valence electrons. The van der Waals surface area contributed by atoms with Gasteiger partial charge in [0.1, 0.15) is 10.1 Å². The maximum Gasteiger partial charge on any atom is 0.338 e. The summed E-state index contributed by atoms with van der Waals surface area (Å²) < 4.78 is 10.7. The standard InChI is InChI=1S/C23H22N2O5S2/c1-3-30-22(28)15-8-10-17(11-9-15)24-20(26)12-13-25-21(27)19(32-23(25)31)14-16-6-4-5-7-18(16)29-2/h4-11,14H,3,12-13H2,1-2H3,(H,24,26)/b19-14-. The van der Waals surface area contributed by atoms with E-state index in [1.807, 2.05) is 24.3 Å². The summed E-state index contributed by atoms with van der Waals surface area (Å²) >= 11 is 6.53. The average molecular weight is 471 g/mol. The number of esters is 1. The van der Waals surface area contributed by atoms with Crippen LogP contribution in [-0.2, 0) is 14.3 Å². The first kappa shape index (κ1) is 23.5. The molecule has 9 heteroatoms. The van der Waals surface area contributed by atoms with Crippen LogP contribution in [0.15, 0.2) is 53.4 Å². The molecule has 1 heterocycles. The quantitative estimate of drug-likeness (QED) is 0.353. The third kappa shape index (κ3) is 5.74. The molecule has 1 aliphatic heterocycles. The van der Waals surface area contributed by atoms with Crippen LogP contribution in [0.4, 0.5) is 5.69 Å². The normalized spacial score (nSPS) is 14.6. The largest absolute Gasteiger partial charge is 0.496 e. The maximum absolute atomic E-state index is 12.8. The third-order valence-electron chi connectivity index (χ3n) is 4.54. The topological polar surface area (TPSA) is 84.9 Å². The van der Waals surface area contributed by atoms with Gasteiger partial charge in [-0.15, -0.1) is 0 Å². The predicted octanol–water partition coefficient (Wildman–Crippen LogP) is 4.10. The van der Waals surface area contributed by atoms with Crippen molar-refractivity contribution in [2.24, 2.45) is 0 Å². The van der Waals surface area contributed by atoms with E-state index in [4.69, 9.17) is 21.7 Å². The fourth-order valence-electron chi connectivity index (χ4n) is 2.96. The molecule has 3 rings (SSSR count). The Hall–Kier alpha value is -3.17. The van der Waals surface area contributed by atoms with Gasteiger partial charge in [-0.3, -0.25) is 14.5 Å².